The third-order valence-electron chi connectivity index (χ3n) is 1.80. The van der Waals surface area contributed by atoms with Crippen LogP contribution in [0.4, 0.5) is 0 Å². The standard InChI is InChI=1S/C11H15N3OS/c1-3-15-10-6-4-9(5-7-10)8-13-14-11(16)12-2/h4-8H,3H2,1-2H3,(H2,12,14,16)/b13-8-. The lowest BCUT2D eigenvalue weighted by Crippen LogP contribution is -2.28. The van der Waals surface area contributed by atoms with Gasteiger partial charge >= 0.3 is 0 Å². The fourth-order valence-electron chi connectivity index (χ4n) is 1.04. The smallest absolute Gasteiger partial charge is 0.186 e. The van der Waals surface area contributed by atoms with Crippen LogP contribution >= 0.6 is 12.2 Å². The maximum Gasteiger partial charge on any atom is 0.186 e. The predicted octanol–water partition coefficient (Wildman–Crippen LogP) is 1.51. The lowest BCUT2D eigenvalue weighted by molar-refractivity contribution is 0.340. The molecule has 4 nitrogen and oxygen atoms in total. The molecule has 5 heteroatoms. The van der Waals surface area contributed by atoms with Crippen LogP contribution in [-0.2, 0) is 0 Å². The highest BCUT2D eigenvalue weighted by Gasteiger charge is 1.92. The minimum absolute atomic E-state index is 0.488. The molecule has 0 aliphatic rings. The van der Waals surface area contributed by atoms with Gasteiger partial charge in [0.15, 0.2) is 5.11 Å². The molecule has 0 aliphatic heterocycles. The van der Waals surface area contributed by atoms with Crippen LogP contribution in [0.1, 0.15) is 12.5 Å². The molecule has 0 atom stereocenters. The molecule has 2 N–H and O–H groups in total. The van der Waals surface area contributed by atoms with E-state index in [-0.39, 0.29) is 0 Å². The van der Waals surface area contributed by atoms with Crippen molar-refractivity contribution in [2.75, 3.05) is 13.7 Å². The molecule has 16 heavy (non-hydrogen) atoms. The van der Waals surface area contributed by atoms with E-state index in [1.165, 1.54) is 0 Å². The first-order valence-electron chi connectivity index (χ1n) is 5.00. The Labute approximate surface area is 101 Å². The average molecular weight is 237 g/mol. The number of hydrogen-bond acceptors (Lipinski definition) is 3. The molecule has 0 amide bonds. The van der Waals surface area contributed by atoms with E-state index >= 15 is 0 Å². The molecule has 0 bridgehead atoms. The van der Waals surface area contributed by atoms with Gasteiger partial charge < -0.3 is 10.1 Å². The Bertz CT molecular complexity index is 362. The maximum atomic E-state index is 5.33. The zero-order valence-electron chi connectivity index (χ0n) is 9.36. The molecule has 1 rings (SSSR count). The van der Waals surface area contributed by atoms with Crippen molar-refractivity contribution in [1.29, 1.82) is 0 Å². The van der Waals surface area contributed by atoms with Crippen LogP contribution in [0, 0.1) is 0 Å². The molecular formula is C11H15N3OS. The summed E-state index contributed by atoms with van der Waals surface area (Å²) in [5.74, 6) is 0.860. The van der Waals surface area contributed by atoms with Crippen molar-refractivity contribution in [3.8, 4) is 5.75 Å². The topological polar surface area (TPSA) is 45.6 Å². The molecule has 0 saturated carbocycles. The highest BCUT2D eigenvalue weighted by Crippen LogP contribution is 2.10. The van der Waals surface area contributed by atoms with Crippen molar-refractivity contribution >= 4 is 23.5 Å². The number of hydrogen-bond donors (Lipinski definition) is 2. The quantitative estimate of drug-likeness (QED) is 0.473. The van der Waals surface area contributed by atoms with Crippen molar-refractivity contribution in [3.63, 3.8) is 0 Å². The van der Waals surface area contributed by atoms with Crippen LogP contribution in [0.3, 0.4) is 0 Å². The first-order valence-corrected chi connectivity index (χ1v) is 5.40. The molecule has 0 saturated heterocycles. The predicted molar refractivity (Wildman–Crippen MR) is 70.0 cm³/mol. The van der Waals surface area contributed by atoms with Crippen LogP contribution in [0.5, 0.6) is 5.75 Å². The molecule has 0 aliphatic carbocycles. The van der Waals surface area contributed by atoms with E-state index in [9.17, 15) is 0 Å². The van der Waals surface area contributed by atoms with Crippen molar-refractivity contribution in [1.82, 2.24) is 10.7 Å². The Kier molecular flexibility index (Phi) is 5.28. The third-order valence-corrected chi connectivity index (χ3v) is 2.09. The molecule has 1 aromatic carbocycles. The second kappa shape index (κ2) is 6.79. The van der Waals surface area contributed by atoms with Gasteiger partial charge in [0.05, 0.1) is 12.8 Å². The Morgan fingerprint density at radius 3 is 2.69 bits per heavy atom. The molecule has 0 aromatic heterocycles. The third kappa shape index (κ3) is 4.27. The fourth-order valence-corrected chi connectivity index (χ4v) is 1.09. The minimum atomic E-state index is 0.488. The SMILES string of the molecule is CCOc1ccc(/C=N\NC(=S)NC)cc1. The van der Waals surface area contributed by atoms with Crippen molar-refractivity contribution in [2.45, 2.75) is 6.92 Å². The summed E-state index contributed by atoms with van der Waals surface area (Å²) in [5, 5.41) is 7.22. The van der Waals surface area contributed by atoms with Gasteiger partial charge in [0.25, 0.3) is 0 Å². The molecule has 0 spiro atoms. The summed E-state index contributed by atoms with van der Waals surface area (Å²) in [6.45, 7) is 2.63. The van der Waals surface area contributed by atoms with Gasteiger partial charge in [0.1, 0.15) is 5.75 Å². The molecular weight excluding hydrogens is 222 g/mol. The second-order valence-electron chi connectivity index (χ2n) is 2.95. The van der Waals surface area contributed by atoms with Crippen molar-refractivity contribution in [2.24, 2.45) is 5.10 Å². The minimum Gasteiger partial charge on any atom is -0.494 e. The number of nitrogens with one attached hydrogen (secondary N) is 2. The van der Waals surface area contributed by atoms with Crippen LogP contribution in [0.15, 0.2) is 29.4 Å². The highest BCUT2D eigenvalue weighted by atomic mass is 32.1. The normalized spacial score (nSPS) is 10.1. The zero-order valence-corrected chi connectivity index (χ0v) is 10.2. The van der Waals surface area contributed by atoms with Gasteiger partial charge in [-0.15, -0.1) is 0 Å². The Morgan fingerprint density at radius 1 is 1.44 bits per heavy atom. The van der Waals surface area contributed by atoms with Gasteiger partial charge in [-0.25, -0.2) is 0 Å². The molecule has 86 valence electrons. The monoisotopic (exact) mass is 237 g/mol. The number of rotatable bonds is 4. The number of hydrazone groups is 1. The van der Waals surface area contributed by atoms with Crippen LogP contribution in [0.2, 0.25) is 0 Å². The lowest BCUT2D eigenvalue weighted by atomic mass is 10.2. The summed E-state index contributed by atoms with van der Waals surface area (Å²) in [7, 11) is 1.74. The Morgan fingerprint density at radius 2 is 2.12 bits per heavy atom. The van der Waals surface area contributed by atoms with Gasteiger partial charge in [-0.3, -0.25) is 5.43 Å². The van der Waals surface area contributed by atoms with Crippen LogP contribution < -0.4 is 15.5 Å². The first kappa shape index (κ1) is 12.4. The van der Waals surface area contributed by atoms with E-state index < -0.39 is 0 Å². The van der Waals surface area contributed by atoms with E-state index in [0.717, 1.165) is 11.3 Å². The molecule has 0 radical (unpaired) electrons. The Hall–Kier alpha value is -1.62. The van der Waals surface area contributed by atoms with E-state index in [1.54, 1.807) is 13.3 Å². The molecule has 0 fully saturated rings. The Balaban J connectivity index is 2.51. The van der Waals surface area contributed by atoms with Crippen molar-refractivity contribution in [3.05, 3.63) is 29.8 Å². The van der Waals surface area contributed by atoms with E-state index in [0.29, 0.717) is 11.7 Å². The number of ether oxygens (including phenoxy) is 1. The lowest BCUT2D eigenvalue weighted by Gasteiger charge is -2.02. The fraction of sp³-hybridized carbons (Fsp3) is 0.273. The summed E-state index contributed by atoms with van der Waals surface area (Å²) in [6, 6.07) is 7.67. The van der Waals surface area contributed by atoms with Gasteiger partial charge in [-0.2, -0.15) is 5.10 Å². The summed E-state index contributed by atoms with van der Waals surface area (Å²) in [5.41, 5.74) is 3.66. The van der Waals surface area contributed by atoms with Gasteiger partial charge in [0, 0.05) is 7.05 Å². The number of nitrogens with zero attached hydrogens (tertiary/aromatic N) is 1. The summed E-state index contributed by atoms with van der Waals surface area (Å²) in [4.78, 5) is 0. The molecule has 1 aromatic rings. The van der Waals surface area contributed by atoms with Gasteiger partial charge in [-0.05, 0) is 49.0 Å². The average Bonchev–Trinajstić information content (AvgIpc) is 2.31. The molecule has 0 heterocycles. The molecule has 0 unspecified atom stereocenters. The zero-order chi connectivity index (χ0) is 11.8. The largest absolute Gasteiger partial charge is 0.494 e. The van der Waals surface area contributed by atoms with Crippen LogP contribution in [0.25, 0.3) is 0 Å². The summed E-state index contributed by atoms with van der Waals surface area (Å²) < 4.78 is 5.33. The van der Waals surface area contributed by atoms with E-state index in [4.69, 9.17) is 17.0 Å². The maximum absolute atomic E-state index is 5.33. The van der Waals surface area contributed by atoms with E-state index in [1.807, 2.05) is 31.2 Å². The summed E-state index contributed by atoms with van der Waals surface area (Å²) in [6.07, 6.45) is 1.69. The second-order valence-corrected chi connectivity index (χ2v) is 3.36. The van der Waals surface area contributed by atoms with Gasteiger partial charge in [-0.1, -0.05) is 0 Å². The number of benzene rings is 1. The van der Waals surface area contributed by atoms with Crippen molar-refractivity contribution < 1.29 is 4.74 Å². The van der Waals surface area contributed by atoms with Crippen LogP contribution in [-0.4, -0.2) is 25.0 Å². The first-order chi connectivity index (χ1) is 7.76. The highest BCUT2D eigenvalue weighted by molar-refractivity contribution is 7.80. The van der Waals surface area contributed by atoms with E-state index in [2.05, 4.69) is 15.8 Å². The summed E-state index contributed by atoms with van der Waals surface area (Å²) >= 11 is 4.87. The number of thiocarbonyl (C=S) groups is 1. The van der Waals surface area contributed by atoms with Gasteiger partial charge in [0.2, 0.25) is 0 Å².